The lowest BCUT2D eigenvalue weighted by Gasteiger charge is -2.32. The van der Waals surface area contributed by atoms with Crippen LogP contribution in [0.25, 0.3) is 0 Å². The van der Waals surface area contributed by atoms with Crippen molar-refractivity contribution in [3.8, 4) is 0 Å². The number of carbonyl (C=O) groups is 2. The number of nitrogens with zero attached hydrogens (tertiary/aromatic N) is 2. The van der Waals surface area contributed by atoms with E-state index in [9.17, 15) is 14.0 Å². The molecule has 0 saturated carbocycles. The summed E-state index contributed by atoms with van der Waals surface area (Å²) in [6.45, 7) is 4.06. The fourth-order valence-electron chi connectivity index (χ4n) is 2.90. The first-order valence-corrected chi connectivity index (χ1v) is 7.90. The molecule has 1 atom stereocenters. The molecule has 1 N–H and O–H groups in total. The summed E-state index contributed by atoms with van der Waals surface area (Å²) in [7, 11) is 0. The van der Waals surface area contributed by atoms with E-state index in [1.54, 1.807) is 12.1 Å². The number of nitrogens with one attached hydrogen (secondary N) is 1. The smallest absolute Gasteiger partial charge is 0.414 e. The molecule has 2 amide bonds. The molecule has 1 aromatic rings. The zero-order chi connectivity index (χ0) is 17.1. The first-order chi connectivity index (χ1) is 11.6. The van der Waals surface area contributed by atoms with Gasteiger partial charge >= 0.3 is 6.09 Å². The quantitative estimate of drug-likeness (QED) is 0.892. The highest BCUT2D eigenvalue weighted by atomic mass is 19.1. The van der Waals surface area contributed by atoms with Gasteiger partial charge in [-0.3, -0.25) is 9.69 Å². The number of hydrogen-bond acceptors (Lipinski definition) is 5. The van der Waals surface area contributed by atoms with Crippen LogP contribution in [0.2, 0.25) is 0 Å². The number of halogens is 1. The van der Waals surface area contributed by atoms with E-state index >= 15 is 0 Å². The van der Waals surface area contributed by atoms with Crippen molar-refractivity contribution < 1.29 is 23.5 Å². The minimum Gasteiger partial charge on any atom is -0.442 e. The third-order valence-corrected chi connectivity index (χ3v) is 4.04. The van der Waals surface area contributed by atoms with Gasteiger partial charge in [0.05, 0.1) is 37.7 Å². The maximum absolute atomic E-state index is 14.4. The van der Waals surface area contributed by atoms with Crippen LogP contribution in [0.5, 0.6) is 0 Å². The fourth-order valence-corrected chi connectivity index (χ4v) is 2.90. The summed E-state index contributed by atoms with van der Waals surface area (Å²) in [6, 6.07) is 4.66. The Morgan fingerprint density at radius 2 is 2.12 bits per heavy atom. The number of hydrogen-bond donors (Lipinski definition) is 1. The number of carbonyl (C=O) groups excluding carboxylic acids is 2. The van der Waals surface area contributed by atoms with Crippen LogP contribution in [0.1, 0.15) is 6.92 Å². The molecule has 0 aliphatic carbocycles. The van der Waals surface area contributed by atoms with Gasteiger partial charge in [-0.1, -0.05) is 6.07 Å². The van der Waals surface area contributed by atoms with E-state index in [1.165, 1.54) is 17.9 Å². The SMILES string of the molecule is CC(=O)NCC1CN(c2cccc(F)c2N2CCOCC2)C(=O)O1. The van der Waals surface area contributed by atoms with E-state index in [2.05, 4.69) is 5.32 Å². The largest absolute Gasteiger partial charge is 0.442 e. The number of amides is 2. The molecule has 0 bridgehead atoms. The van der Waals surface area contributed by atoms with E-state index in [-0.39, 0.29) is 24.8 Å². The van der Waals surface area contributed by atoms with E-state index in [0.29, 0.717) is 37.7 Å². The van der Waals surface area contributed by atoms with Crippen molar-refractivity contribution in [2.75, 3.05) is 49.2 Å². The highest BCUT2D eigenvalue weighted by Crippen LogP contribution is 2.35. The molecule has 3 rings (SSSR count). The van der Waals surface area contributed by atoms with Gasteiger partial charge in [-0.2, -0.15) is 0 Å². The second-order valence-electron chi connectivity index (χ2n) is 5.76. The molecule has 1 aromatic carbocycles. The molecular weight excluding hydrogens is 317 g/mol. The van der Waals surface area contributed by atoms with E-state index in [0.717, 1.165) is 0 Å². The van der Waals surface area contributed by atoms with Crippen molar-refractivity contribution in [2.24, 2.45) is 0 Å². The Morgan fingerprint density at radius 3 is 2.83 bits per heavy atom. The molecule has 7 nitrogen and oxygen atoms in total. The molecule has 2 fully saturated rings. The van der Waals surface area contributed by atoms with Crippen molar-refractivity contribution in [3.63, 3.8) is 0 Å². The number of cyclic esters (lactones) is 1. The average Bonchev–Trinajstić information content (AvgIpc) is 2.94. The first kappa shape index (κ1) is 16.5. The maximum Gasteiger partial charge on any atom is 0.414 e. The predicted molar refractivity (Wildman–Crippen MR) is 85.7 cm³/mol. The lowest BCUT2D eigenvalue weighted by molar-refractivity contribution is -0.119. The van der Waals surface area contributed by atoms with Crippen LogP contribution in [0, 0.1) is 5.82 Å². The molecule has 2 heterocycles. The lowest BCUT2D eigenvalue weighted by atomic mass is 10.2. The van der Waals surface area contributed by atoms with Crippen LogP contribution < -0.4 is 15.1 Å². The Balaban J connectivity index is 1.82. The first-order valence-electron chi connectivity index (χ1n) is 7.90. The van der Waals surface area contributed by atoms with Crippen LogP contribution in [-0.2, 0) is 14.3 Å². The summed E-state index contributed by atoms with van der Waals surface area (Å²) < 4.78 is 25.0. The van der Waals surface area contributed by atoms with Gasteiger partial charge in [-0.15, -0.1) is 0 Å². The monoisotopic (exact) mass is 337 g/mol. The van der Waals surface area contributed by atoms with Gasteiger partial charge in [0, 0.05) is 20.0 Å². The summed E-state index contributed by atoms with van der Waals surface area (Å²) in [6.07, 6.45) is -0.993. The Hall–Kier alpha value is -2.35. The minimum atomic E-state index is -0.537. The van der Waals surface area contributed by atoms with Gasteiger partial charge in [0.15, 0.2) is 0 Å². The Morgan fingerprint density at radius 1 is 1.38 bits per heavy atom. The summed E-state index contributed by atoms with van der Waals surface area (Å²) in [5.41, 5.74) is 0.866. The van der Waals surface area contributed by atoms with Crippen molar-refractivity contribution in [1.82, 2.24) is 5.32 Å². The molecule has 24 heavy (non-hydrogen) atoms. The van der Waals surface area contributed by atoms with Crippen LogP contribution >= 0.6 is 0 Å². The third kappa shape index (κ3) is 3.43. The van der Waals surface area contributed by atoms with Gasteiger partial charge < -0.3 is 19.7 Å². The van der Waals surface area contributed by atoms with Gasteiger partial charge in [-0.05, 0) is 12.1 Å². The molecular formula is C16H20FN3O4. The molecule has 8 heteroatoms. The van der Waals surface area contributed by atoms with Crippen LogP contribution in [0.4, 0.5) is 20.6 Å². The van der Waals surface area contributed by atoms with Gasteiger partial charge in [0.1, 0.15) is 11.9 Å². The zero-order valence-corrected chi connectivity index (χ0v) is 13.5. The highest BCUT2D eigenvalue weighted by Gasteiger charge is 2.35. The van der Waals surface area contributed by atoms with Crippen LogP contribution in [0.3, 0.4) is 0 Å². The van der Waals surface area contributed by atoms with Crippen molar-refractivity contribution in [1.29, 1.82) is 0 Å². The number of ether oxygens (including phenoxy) is 2. The number of rotatable bonds is 4. The van der Waals surface area contributed by atoms with Crippen molar-refractivity contribution in [2.45, 2.75) is 13.0 Å². The summed E-state index contributed by atoms with van der Waals surface area (Å²) in [5, 5.41) is 2.63. The van der Waals surface area contributed by atoms with E-state index < -0.39 is 12.2 Å². The summed E-state index contributed by atoms with van der Waals surface area (Å²) >= 11 is 0. The van der Waals surface area contributed by atoms with Crippen LogP contribution in [0.15, 0.2) is 18.2 Å². The Bertz CT molecular complexity index is 634. The van der Waals surface area contributed by atoms with Gasteiger partial charge in [0.25, 0.3) is 0 Å². The van der Waals surface area contributed by atoms with E-state index in [1.807, 2.05) is 4.90 Å². The average molecular weight is 337 g/mol. The van der Waals surface area contributed by atoms with E-state index in [4.69, 9.17) is 9.47 Å². The second kappa shape index (κ2) is 7.04. The number of morpholine rings is 1. The van der Waals surface area contributed by atoms with Crippen molar-refractivity contribution in [3.05, 3.63) is 24.0 Å². The predicted octanol–water partition coefficient (Wildman–Crippen LogP) is 1.12. The third-order valence-electron chi connectivity index (χ3n) is 4.04. The maximum atomic E-state index is 14.4. The normalized spacial score (nSPS) is 20.9. The van der Waals surface area contributed by atoms with Crippen LogP contribution in [-0.4, -0.2) is 57.5 Å². The summed E-state index contributed by atoms with van der Waals surface area (Å²) in [4.78, 5) is 26.5. The molecule has 0 radical (unpaired) electrons. The number of para-hydroxylation sites is 1. The van der Waals surface area contributed by atoms with Gasteiger partial charge in [0.2, 0.25) is 5.91 Å². The minimum absolute atomic E-state index is 0.190. The van der Waals surface area contributed by atoms with Crippen molar-refractivity contribution >= 4 is 23.4 Å². The highest BCUT2D eigenvalue weighted by molar-refractivity contribution is 5.94. The summed E-state index contributed by atoms with van der Waals surface area (Å²) in [5.74, 6) is -0.572. The molecule has 0 aromatic heterocycles. The molecule has 0 spiro atoms. The molecule has 1 unspecified atom stereocenters. The second-order valence-corrected chi connectivity index (χ2v) is 5.76. The Labute approximate surface area is 139 Å². The fraction of sp³-hybridized carbons (Fsp3) is 0.500. The number of anilines is 2. The molecule has 130 valence electrons. The van der Waals surface area contributed by atoms with Gasteiger partial charge in [-0.25, -0.2) is 9.18 Å². The molecule has 2 aliphatic rings. The zero-order valence-electron chi connectivity index (χ0n) is 13.5. The molecule has 2 aliphatic heterocycles. The standard InChI is InChI=1S/C16H20FN3O4/c1-11(21)18-9-12-10-20(16(22)24-12)14-4-2-3-13(17)15(14)19-5-7-23-8-6-19/h2-4,12H,5-10H2,1H3,(H,18,21). The Kier molecular flexibility index (Phi) is 4.84. The topological polar surface area (TPSA) is 71.1 Å². The number of benzene rings is 1. The lowest BCUT2D eigenvalue weighted by Crippen LogP contribution is -2.38. The molecule has 2 saturated heterocycles.